The fourth-order valence-corrected chi connectivity index (χ4v) is 2.19. The van der Waals surface area contributed by atoms with Gasteiger partial charge in [0, 0.05) is 13.0 Å². The van der Waals surface area contributed by atoms with Crippen LogP contribution in [-0.4, -0.2) is 31.3 Å². The van der Waals surface area contributed by atoms with Crippen molar-refractivity contribution in [3.63, 3.8) is 0 Å². The molecule has 0 aromatic rings. The molecule has 0 aliphatic carbocycles. The van der Waals surface area contributed by atoms with Gasteiger partial charge in [0.2, 0.25) is 10.0 Å². The molecule has 0 saturated carbocycles. The monoisotopic (exact) mass is 265 g/mol. The zero-order valence-corrected chi connectivity index (χ0v) is 11.6. The second-order valence-electron chi connectivity index (χ2n) is 4.48. The van der Waals surface area contributed by atoms with Gasteiger partial charge in [-0.25, -0.2) is 13.1 Å². The zero-order valence-electron chi connectivity index (χ0n) is 10.8. The van der Waals surface area contributed by atoms with Crippen LogP contribution in [0.3, 0.4) is 0 Å². The van der Waals surface area contributed by atoms with E-state index in [9.17, 15) is 13.2 Å². The van der Waals surface area contributed by atoms with Crippen LogP contribution in [-0.2, 0) is 14.8 Å². The molecule has 0 rings (SSSR count). The summed E-state index contributed by atoms with van der Waals surface area (Å²) in [5.41, 5.74) is 0. The Hall–Kier alpha value is -0.620. The molecule has 2 N–H and O–H groups in total. The smallest absolute Gasteiger partial charge is 0.303 e. The Bertz CT molecular complexity index is 324. The Balaban J connectivity index is 3.96. The van der Waals surface area contributed by atoms with Gasteiger partial charge in [0.15, 0.2) is 0 Å². The Morgan fingerprint density at radius 2 is 1.88 bits per heavy atom. The molecule has 0 spiro atoms. The van der Waals surface area contributed by atoms with Gasteiger partial charge in [-0.05, 0) is 32.6 Å². The molecule has 1 unspecified atom stereocenters. The lowest BCUT2D eigenvalue weighted by molar-refractivity contribution is -0.137. The zero-order chi connectivity index (χ0) is 13.5. The lowest BCUT2D eigenvalue weighted by Crippen LogP contribution is -2.32. The standard InChI is InChI=1S/C11H23NO4S/c1-4-10(5-6-11(13)14)7-8-12-17(15,16)9(2)3/h9-10,12H,4-8H2,1-3H3,(H,13,14). The molecule has 0 saturated heterocycles. The van der Waals surface area contributed by atoms with Crippen LogP contribution in [0, 0.1) is 5.92 Å². The molecule has 1 atom stereocenters. The number of carboxylic acid groups (broad SMARTS) is 1. The molecule has 0 amide bonds. The maximum atomic E-state index is 11.5. The third kappa shape index (κ3) is 7.33. The minimum Gasteiger partial charge on any atom is -0.481 e. The van der Waals surface area contributed by atoms with Gasteiger partial charge in [-0.1, -0.05) is 13.3 Å². The summed E-state index contributed by atoms with van der Waals surface area (Å²) in [6.07, 6.45) is 2.32. The van der Waals surface area contributed by atoms with Crippen molar-refractivity contribution in [3.8, 4) is 0 Å². The molecule has 0 bridgehead atoms. The molecular weight excluding hydrogens is 242 g/mol. The molecule has 0 aromatic heterocycles. The van der Waals surface area contributed by atoms with Crippen LogP contribution >= 0.6 is 0 Å². The molecule has 0 heterocycles. The van der Waals surface area contributed by atoms with Crippen molar-refractivity contribution >= 4 is 16.0 Å². The van der Waals surface area contributed by atoms with Gasteiger partial charge in [-0.2, -0.15) is 0 Å². The predicted molar refractivity (Wildman–Crippen MR) is 67.3 cm³/mol. The number of hydrogen-bond donors (Lipinski definition) is 2. The van der Waals surface area contributed by atoms with Crippen molar-refractivity contribution in [2.24, 2.45) is 5.92 Å². The van der Waals surface area contributed by atoms with Gasteiger partial charge >= 0.3 is 5.97 Å². The molecule has 0 aromatic carbocycles. The molecule has 102 valence electrons. The summed E-state index contributed by atoms with van der Waals surface area (Å²) in [6.45, 7) is 5.64. The fourth-order valence-electron chi connectivity index (χ4n) is 1.45. The van der Waals surface area contributed by atoms with Crippen LogP contribution in [0.25, 0.3) is 0 Å². The van der Waals surface area contributed by atoms with Gasteiger partial charge in [-0.3, -0.25) is 4.79 Å². The Labute approximate surface area is 104 Å². The molecule has 0 fully saturated rings. The highest BCUT2D eigenvalue weighted by Gasteiger charge is 2.16. The van der Waals surface area contributed by atoms with Crippen molar-refractivity contribution in [2.45, 2.75) is 51.7 Å². The van der Waals surface area contributed by atoms with E-state index >= 15 is 0 Å². The number of sulfonamides is 1. The highest BCUT2D eigenvalue weighted by atomic mass is 32.2. The number of hydrogen-bond acceptors (Lipinski definition) is 3. The first-order chi connectivity index (χ1) is 7.79. The van der Waals surface area contributed by atoms with Crippen LogP contribution in [0.1, 0.15) is 46.5 Å². The second-order valence-corrected chi connectivity index (χ2v) is 6.80. The first-order valence-corrected chi connectivity index (χ1v) is 7.54. The minimum atomic E-state index is -3.20. The summed E-state index contributed by atoms with van der Waals surface area (Å²) in [4.78, 5) is 10.4. The normalized spacial score (nSPS) is 13.9. The molecule has 0 radical (unpaired) electrons. The Kier molecular flexibility index (Phi) is 7.38. The summed E-state index contributed by atoms with van der Waals surface area (Å²) in [5.74, 6) is -0.535. The van der Waals surface area contributed by atoms with Crippen molar-refractivity contribution in [1.29, 1.82) is 0 Å². The Morgan fingerprint density at radius 1 is 1.29 bits per heavy atom. The predicted octanol–water partition coefficient (Wildman–Crippen LogP) is 1.60. The molecule has 0 aliphatic rings. The highest BCUT2D eigenvalue weighted by molar-refractivity contribution is 7.90. The minimum absolute atomic E-state index is 0.148. The first kappa shape index (κ1) is 16.4. The highest BCUT2D eigenvalue weighted by Crippen LogP contribution is 2.14. The third-order valence-electron chi connectivity index (χ3n) is 2.82. The van der Waals surface area contributed by atoms with E-state index in [1.54, 1.807) is 13.8 Å². The van der Waals surface area contributed by atoms with Crippen LogP contribution in [0.15, 0.2) is 0 Å². The SMILES string of the molecule is CCC(CCNS(=O)(=O)C(C)C)CCC(=O)O. The van der Waals surface area contributed by atoms with Crippen LogP contribution in [0.2, 0.25) is 0 Å². The van der Waals surface area contributed by atoms with Crippen LogP contribution < -0.4 is 4.72 Å². The van der Waals surface area contributed by atoms with Crippen molar-refractivity contribution in [1.82, 2.24) is 4.72 Å². The van der Waals surface area contributed by atoms with E-state index in [1.807, 2.05) is 6.92 Å². The lowest BCUT2D eigenvalue weighted by Gasteiger charge is -2.15. The van der Waals surface area contributed by atoms with Crippen LogP contribution in [0.4, 0.5) is 0 Å². The summed E-state index contributed by atoms with van der Waals surface area (Å²) in [6, 6.07) is 0. The van der Waals surface area contributed by atoms with Crippen molar-refractivity contribution in [3.05, 3.63) is 0 Å². The number of carboxylic acids is 1. The van der Waals surface area contributed by atoms with E-state index in [0.29, 0.717) is 19.4 Å². The lowest BCUT2D eigenvalue weighted by atomic mass is 9.97. The van der Waals surface area contributed by atoms with E-state index < -0.39 is 21.2 Å². The molecular formula is C11H23NO4S. The summed E-state index contributed by atoms with van der Waals surface area (Å²) < 4.78 is 25.5. The van der Waals surface area contributed by atoms with E-state index in [-0.39, 0.29) is 12.3 Å². The number of rotatable bonds is 9. The Morgan fingerprint density at radius 3 is 2.29 bits per heavy atom. The number of aliphatic carboxylic acids is 1. The fraction of sp³-hybridized carbons (Fsp3) is 0.909. The maximum Gasteiger partial charge on any atom is 0.303 e. The first-order valence-electron chi connectivity index (χ1n) is 5.99. The average Bonchev–Trinajstić information content (AvgIpc) is 2.22. The maximum absolute atomic E-state index is 11.5. The molecule has 0 aliphatic heterocycles. The second kappa shape index (κ2) is 7.66. The number of carbonyl (C=O) groups is 1. The van der Waals surface area contributed by atoms with E-state index in [0.717, 1.165) is 6.42 Å². The van der Waals surface area contributed by atoms with Gasteiger partial charge < -0.3 is 5.11 Å². The van der Waals surface area contributed by atoms with E-state index in [4.69, 9.17) is 5.11 Å². The van der Waals surface area contributed by atoms with Gasteiger partial charge in [0.05, 0.1) is 5.25 Å². The third-order valence-corrected chi connectivity index (χ3v) is 4.67. The van der Waals surface area contributed by atoms with Gasteiger partial charge in [0.25, 0.3) is 0 Å². The van der Waals surface area contributed by atoms with E-state index in [2.05, 4.69) is 4.72 Å². The number of nitrogens with one attached hydrogen (secondary N) is 1. The van der Waals surface area contributed by atoms with Crippen LogP contribution in [0.5, 0.6) is 0 Å². The molecule has 17 heavy (non-hydrogen) atoms. The molecule has 5 nitrogen and oxygen atoms in total. The quantitative estimate of drug-likeness (QED) is 0.663. The van der Waals surface area contributed by atoms with Gasteiger partial charge in [0.1, 0.15) is 0 Å². The summed E-state index contributed by atoms with van der Waals surface area (Å²) in [7, 11) is -3.20. The summed E-state index contributed by atoms with van der Waals surface area (Å²) in [5, 5.41) is 8.14. The summed E-state index contributed by atoms with van der Waals surface area (Å²) >= 11 is 0. The average molecular weight is 265 g/mol. The van der Waals surface area contributed by atoms with Crippen molar-refractivity contribution < 1.29 is 18.3 Å². The topological polar surface area (TPSA) is 83.5 Å². The van der Waals surface area contributed by atoms with Gasteiger partial charge in [-0.15, -0.1) is 0 Å². The largest absolute Gasteiger partial charge is 0.481 e. The molecule has 6 heteroatoms. The van der Waals surface area contributed by atoms with E-state index in [1.165, 1.54) is 0 Å². The van der Waals surface area contributed by atoms with Crippen molar-refractivity contribution in [2.75, 3.05) is 6.54 Å².